The van der Waals surface area contributed by atoms with E-state index in [0.29, 0.717) is 0 Å². The quantitative estimate of drug-likeness (QED) is 0.869. The molecule has 2 atom stereocenters. The summed E-state index contributed by atoms with van der Waals surface area (Å²) >= 11 is 3.58. The van der Waals surface area contributed by atoms with E-state index in [-0.39, 0.29) is 23.8 Å². The van der Waals surface area contributed by atoms with Crippen molar-refractivity contribution in [2.24, 2.45) is 0 Å². The van der Waals surface area contributed by atoms with Crippen molar-refractivity contribution in [2.45, 2.75) is 31.1 Å². The van der Waals surface area contributed by atoms with Gasteiger partial charge in [0.15, 0.2) is 5.69 Å². The largest absolute Gasteiger partial charge is 0.433 e. The van der Waals surface area contributed by atoms with E-state index < -0.39 is 11.9 Å². The molecule has 1 aromatic heterocycles. The maximum Gasteiger partial charge on any atom is 0.433 e. The third kappa shape index (κ3) is 4.13. The van der Waals surface area contributed by atoms with Gasteiger partial charge in [-0.15, -0.1) is 0 Å². The molecule has 0 aliphatic carbocycles. The molecule has 122 valence electrons. The van der Waals surface area contributed by atoms with E-state index in [1.807, 2.05) is 0 Å². The highest BCUT2D eigenvalue weighted by Gasteiger charge is 2.34. The van der Waals surface area contributed by atoms with Gasteiger partial charge < -0.3 is 10.6 Å². The first-order chi connectivity index (χ1) is 10.5. The van der Waals surface area contributed by atoms with Crippen molar-refractivity contribution in [3.63, 3.8) is 0 Å². The van der Waals surface area contributed by atoms with Crippen molar-refractivity contribution in [3.8, 4) is 0 Å². The van der Waals surface area contributed by atoms with Crippen LogP contribution < -0.4 is 10.6 Å². The third-order valence-corrected chi connectivity index (χ3v) is 5.89. The average Bonchev–Trinajstić information content (AvgIpc) is 3.11. The molecule has 0 aromatic carbocycles. The molecule has 0 amide bonds. The second-order valence-electron chi connectivity index (χ2n) is 5.37. The highest BCUT2D eigenvalue weighted by molar-refractivity contribution is 7.99. The standard InChI is InChI=1S/C13H17F3N4S2/c14-13(15,16)10-5-11(17-8-1-3-21-6-8)20-12(19-10)18-9-2-4-22-7-9/h5,8-9H,1-4,6-7H2,(H2,17,18,19,20). The van der Waals surface area contributed by atoms with Gasteiger partial charge in [0.05, 0.1) is 0 Å². The lowest BCUT2D eigenvalue weighted by Gasteiger charge is -2.17. The topological polar surface area (TPSA) is 49.8 Å². The van der Waals surface area contributed by atoms with Crippen molar-refractivity contribution in [1.29, 1.82) is 0 Å². The zero-order chi connectivity index (χ0) is 15.6. The number of alkyl halides is 3. The van der Waals surface area contributed by atoms with E-state index >= 15 is 0 Å². The van der Waals surface area contributed by atoms with Crippen LogP contribution in [0.5, 0.6) is 0 Å². The fraction of sp³-hybridized carbons (Fsp3) is 0.692. The van der Waals surface area contributed by atoms with Crippen molar-refractivity contribution < 1.29 is 13.2 Å². The fourth-order valence-electron chi connectivity index (χ4n) is 2.42. The Morgan fingerprint density at radius 1 is 1.00 bits per heavy atom. The normalized spacial score (nSPS) is 25.4. The average molecular weight is 350 g/mol. The molecule has 2 aliphatic heterocycles. The third-order valence-electron chi connectivity index (χ3n) is 3.56. The number of aromatic nitrogens is 2. The summed E-state index contributed by atoms with van der Waals surface area (Å²) in [6.07, 6.45) is -2.60. The zero-order valence-electron chi connectivity index (χ0n) is 11.8. The predicted octanol–water partition coefficient (Wildman–Crippen LogP) is 3.33. The van der Waals surface area contributed by atoms with Gasteiger partial charge in [-0.1, -0.05) is 0 Å². The maximum absolute atomic E-state index is 13.0. The first kappa shape index (κ1) is 16.0. The summed E-state index contributed by atoms with van der Waals surface area (Å²) in [7, 11) is 0. The van der Waals surface area contributed by atoms with Gasteiger partial charge in [0.2, 0.25) is 5.95 Å². The minimum absolute atomic E-state index is 0.0653. The minimum Gasteiger partial charge on any atom is -0.366 e. The van der Waals surface area contributed by atoms with E-state index in [1.165, 1.54) is 0 Å². The molecule has 3 heterocycles. The maximum atomic E-state index is 13.0. The van der Waals surface area contributed by atoms with E-state index in [0.717, 1.165) is 41.9 Å². The van der Waals surface area contributed by atoms with E-state index in [4.69, 9.17) is 0 Å². The van der Waals surface area contributed by atoms with Crippen LogP contribution in [0.25, 0.3) is 0 Å². The molecule has 0 spiro atoms. The molecule has 2 N–H and O–H groups in total. The molecule has 1 aromatic rings. The molecule has 0 bridgehead atoms. The van der Waals surface area contributed by atoms with Gasteiger partial charge in [-0.25, -0.2) is 4.98 Å². The summed E-state index contributed by atoms with van der Waals surface area (Å²) < 4.78 is 39.1. The molecular weight excluding hydrogens is 333 g/mol. The number of hydrogen-bond acceptors (Lipinski definition) is 6. The van der Waals surface area contributed by atoms with Crippen LogP contribution in [0, 0.1) is 0 Å². The van der Waals surface area contributed by atoms with E-state index in [1.54, 1.807) is 23.5 Å². The Morgan fingerprint density at radius 2 is 1.64 bits per heavy atom. The van der Waals surface area contributed by atoms with Gasteiger partial charge in [0, 0.05) is 29.7 Å². The van der Waals surface area contributed by atoms with Gasteiger partial charge in [0.1, 0.15) is 5.82 Å². The molecule has 2 aliphatic rings. The molecule has 3 rings (SSSR count). The van der Waals surface area contributed by atoms with Crippen molar-refractivity contribution in [2.75, 3.05) is 33.6 Å². The van der Waals surface area contributed by atoms with Gasteiger partial charge >= 0.3 is 6.18 Å². The summed E-state index contributed by atoms with van der Waals surface area (Å²) in [5.41, 5.74) is -0.899. The molecule has 2 unspecified atom stereocenters. The van der Waals surface area contributed by atoms with Crippen molar-refractivity contribution >= 4 is 35.3 Å². The highest BCUT2D eigenvalue weighted by atomic mass is 32.2. The molecular formula is C13H17F3N4S2. The first-order valence-electron chi connectivity index (χ1n) is 7.15. The molecule has 9 heteroatoms. The Bertz CT molecular complexity index is 478. The lowest BCUT2D eigenvalue weighted by atomic mass is 10.2. The molecule has 0 saturated carbocycles. The molecule has 4 nitrogen and oxygen atoms in total. The summed E-state index contributed by atoms with van der Waals surface area (Å²) in [5.74, 6) is 4.13. The number of rotatable bonds is 4. The first-order valence-corrected chi connectivity index (χ1v) is 9.46. The number of nitrogens with zero attached hydrogens (tertiary/aromatic N) is 2. The second kappa shape index (κ2) is 6.74. The van der Waals surface area contributed by atoms with E-state index in [2.05, 4.69) is 20.6 Å². The van der Waals surface area contributed by atoms with Crippen LogP contribution in [0.2, 0.25) is 0 Å². The second-order valence-corrected chi connectivity index (χ2v) is 7.67. The van der Waals surface area contributed by atoms with Gasteiger partial charge in [-0.3, -0.25) is 0 Å². The number of hydrogen-bond donors (Lipinski definition) is 2. The van der Waals surface area contributed by atoms with Crippen LogP contribution in [0.15, 0.2) is 6.07 Å². The Morgan fingerprint density at radius 3 is 2.18 bits per heavy atom. The van der Waals surface area contributed by atoms with Crippen LogP contribution >= 0.6 is 23.5 Å². The van der Waals surface area contributed by atoms with Crippen molar-refractivity contribution in [3.05, 3.63) is 11.8 Å². The zero-order valence-corrected chi connectivity index (χ0v) is 13.5. The van der Waals surface area contributed by atoms with Crippen LogP contribution in [0.3, 0.4) is 0 Å². The number of halogens is 3. The molecule has 2 saturated heterocycles. The summed E-state index contributed by atoms with van der Waals surface area (Å²) in [4.78, 5) is 7.86. The Labute approximate surface area is 135 Å². The molecule has 0 radical (unpaired) electrons. The fourth-order valence-corrected chi connectivity index (χ4v) is 4.72. The lowest BCUT2D eigenvalue weighted by molar-refractivity contribution is -0.141. The smallest absolute Gasteiger partial charge is 0.366 e. The van der Waals surface area contributed by atoms with E-state index in [9.17, 15) is 13.2 Å². The predicted molar refractivity (Wildman–Crippen MR) is 85.7 cm³/mol. The van der Waals surface area contributed by atoms with Crippen LogP contribution in [-0.2, 0) is 6.18 Å². The van der Waals surface area contributed by atoms with Gasteiger partial charge in [-0.2, -0.15) is 41.7 Å². The molecule has 22 heavy (non-hydrogen) atoms. The van der Waals surface area contributed by atoms with Gasteiger partial charge in [0.25, 0.3) is 0 Å². The highest BCUT2D eigenvalue weighted by Crippen LogP contribution is 2.31. The lowest BCUT2D eigenvalue weighted by Crippen LogP contribution is -2.24. The van der Waals surface area contributed by atoms with Gasteiger partial charge in [-0.05, 0) is 24.3 Å². The molecule has 2 fully saturated rings. The Hall–Kier alpha value is -0.830. The van der Waals surface area contributed by atoms with Crippen LogP contribution in [0.4, 0.5) is 24.9 Å². The monoisotopic (exact) mass is 350 g/mol. The minimum atomic E-state index is -4.47. The summed E-state index contributed by atoms with van der Waals surface area (Å²) in [5, 5.41) is 6.13. The number of nitrogens with one attached hydrogen (secondary N) is 2. The van der Waals surface area contributed by atoms with Crippen LogP contribution in [0.1, 0.15) is 18.5 Å². The van der Waals surface area contributed by atoms with Crippen LogP contribution in [-0.4, -0.2) is 45.1 Å². The number of thioether (sulfide) groups is 2. The summed E-state index contributed by atoms with van der Waals surface area (Å²) in [6.45, 7) is 0. The summed E-state index contributed by atoms with van der Waals surface area (Å²) in [6, 6.07) is 1.32. The SMILES string of the molecule is FC(F)(F)c1cc(NC2CCSC2)nc(NC2CCSC2)n1. The Kier molecular flexibility index (Phi) is 4.91. The number of anilines is 2. The Balaban J connectivity index is 1.80. The van der Waals surface area contributed by atoms with Crippen molar-refractivity contribution in [1.82, 2.24) is 9.97 Å².